The van der Waals surface area contributed by atoms with Gasteiger partial charge >= 0.3 is 0 Å². The van der Waals surface area contributed by atoms with Gasteiger partial charge in [-0.1, -0.05) is 0 Å². The van der Waals surface area contributed by atoms with Gasteiger partial charge in [0.15, 0.2) is 0 Å². The van der Waals surface area contributed by atoms with Crippen LogP contribution in [-0.2, 0) is 275 Å². The summed E-state index contributed by atoms with van der Waals surface area (Å²) >= 11 is 0. The molecular formula is H83O40W12+7. The van der Waals surface area contributed by atoms with Gasteiger partial charge in [0.05, 0.1) is 5.04 Å². The van der Waals surface area contributed by atoms with Crippen molar-refractivity contribution in [1.82, 2.24) is 0 Å². The Morgan fingerprint density at radius 3 is 0.135 bits per heavy atom. The second kappa shape index (κ2) is 3150. The molecule has 40 nitrogen and oxygen atoms in total. The van der Waals surface area contributed by atoms with Gasteiger partial charge in [0.25, 0.3) is 0 Å². The zero-order chi connectivity index (χ0) is 2.71. The molecule has 0 amide bonds. The fourth-order valence-electron chi connectivity index (χ4n) is 0. The monoisotopic (exact) mass is 2930 g/mol. The van der Waals surface area contributed by atoms with Gasteiger partial charge in [-0.25, -0.2) is 0 Å². The molecule has 0 saturated heterocycles. The topological polar surface area (TPSA) is 1230 Å². The fourth-order valence-corrected chi connectivity index (χ4v) is 0. The minimum absolute atomic E-state index is 0. The second-order valence-corrected chi connectivity index (χ2v) is 0.112. The first kappa shape index (κ1) is 2600. The average molecular weight is 2930 g/mol. The SMILES string of the molecule is O.O.O.O.O.O.O.O.O.O.O.O.O.O.O.O.O.O.O.O.O.O.O.O.O.O.O.O.O.O.O.O.O.[OH2+][OH+][OH2+].[OH3+].[OH3+].[OH3+].[OH3+].[W].[W].[W].[W].[W].[W].[W].[W].[W].[W].[W].[W]. The predicted octanol–water partition coefficient (Wildman–Crippen LogP) is -32.6. The zero-order valence-corrected chi connectivity index (χ0v) is 60.4. The Bertz CT molecular complexity index is 40.5. The molecule has 0 bridgehead atoms. The zero-order valence-electron chi connectivity index (χ0n) is 25.2. The van der Waals surface area contributed by atoms with Crippen LogP contribution in [0.3, 0.4) is 0 Å². The minimum Gasteiger partial charge on any atom is -0.457 e. The molecule has 0 rings (SSSR count). The van der Waals surface area contributed by atoms with Crippen molar-refractivity contribution in [3.8, 4) is 0 Å². The quantitative estimate of drug-likeness (QED) is 0.124. The first-order chi connectivity index (χ1) is 1.41. The molecule has 0 heterocycles. The maximum absolute atomic E-state index is 5.50. The molecule has 0 fully saturated rings. The van der Waals surface area contributed by atoms with Crippen LogP contribution in [0.4, 0.5) is 0 Å². The summed E-state index contributed by atoms with van der Waals surface area (Å²) in [5.74, 6) is 0. The molecule has 52 heteroatoms. The fraction of sp³-hybridized carbons (Fsp3) is 0. The third-order valence-electron chi connectivity index (χ3n) is 0. The normalized spacial score (nSPS) is 0.346. The number of hydrogen-bond acceptors (Lipinski definition) is 0. The second-order valence-electron chi connectivity index (χ2n) is 0.112. The molecule has 0 unspecified atom stereocenters. The Kier molecular flexibility index (Phi) is 158000. The Balaban J connectivity index is -0.0000000000170. The van der Waals surface area contributed by atoms with E-state index in [1.54, 1.807) is 0 Å². The van der Waals surface area contributed by atoms with Gasteiger partial charge < -0.3 is 203 Å². The van der Waals surface area contributed by atoms with E-state index in [0.717, 1.165) is 0 Å². The van der Waals surface area contributed by atoms with Crippen molar-refractivity contribution in [2.75, 3.05) is 0 Å². The molecule has 0 radical (unpaired) electrons. The molecule has 52 heavy (non-hydrogen) atoms. The van der Waals surface area contributed by atoms with Crippen LogP contribution in [0.2, 0.25) is 0 Å². The van der Waals surface area contributed by atoms with E-state index in [2.05, 4.69) is 0 Å². The van der Waals surface area contributed by atoms with E-state index >= 15 is 0 Å². The minimum atomic E-state index is 0. The van der Waals surface area contributed by atoms with Crippen molar-refractivity contribution >= 4 is 0 Å². The van der Waals surface area contributed by atoms with Crippen LogP contribution in [0.1, 0.15) is 0 Å². The summed E-state index contributed by atoms with van der Waals surface area (Å²) in [5, 5.41) is 13.0. The van der Waals surface area contributed by atoms with Crippen molar-refractivity contribution in [3.63, 3.8) is 0 Å². The van der Waals surface area contributed by atoms with Crippen LogP contribution >= 0.6 is 0 Å². The molecule has 0 spiro atoms. The van der Waals surface area contributed by atoms with Crippen molar-refractivity contribution in [2.24, 2.45) is 0 Å². The largest absolute Gasteiger partial charge is 0.457 e. The third-order valence-corrected chi connectivity index (χ3v) is 0. The molecule has 0 saturated carbocycles. The van der Waals surface area contributed by atoms with Gasteiger partial charge in [-0.15, -0.1) is 10.5 Å². The molecule has 0 aliphatic carbocycles. The first-order valence-corrected chi connectivity index (χ1v) is 0.447. The Hall–Kier alpha value is 6.66. The van der Waals surface area contributed by atoms with Crippen molar-refractivity contribution in [2.45, 2.75) is 0 Å². The summed E-state index contributed by atoms with van der Waals surface area (Å²) in [6, 6.07) is 0. The molecule has 0 atom stereocenters. The predicted molar refractivity (Wildman–Crippen MR) is 149 cm³/mol. The van der Waals surface area contributed by atoms with E-state index in [4.69, 9.17) is 10.5 Å². The van der Waals surface area contributed by atoms with Gasteiger partial charge in [-0.2, -0.15) is 0 Å². The van der Waals surface area contributed by atoms with Gasteiger partial charge in [-0.05, 0) is 0 Å². The Morgan fingerprint density at radius 1 is 0.135 bits per heavy atom. The van der Waals surface area contributed by atoms with Crippen LogP contribution < -0.4 is 0 Å². The van der Waals surface area contributed by atoms with Crippen LogP contribution in [-0.4, -0.2) is 196 Å². The van der Waals surface area contributed by atoms with Crippen LogP contribution in [0.25, 0.3) is 0 Å². The third kappa shape index (κ3) is 3960. The van der Waals surface area contributed by atoms with E-state index in [1.807, 2.05) is 5.04 Å². The Morgan fingerprint density at radius 2 is 0.135 bits per heavy atom. The summed E-state index contributed by atoms with van der Waals surface area (Å²) in [5.41, 5.74) is 0. The van der Waals surface area contributed by atoms with Crippen molar-refractivity contribution < 1.29 is 471 Å². The van der Waals surface area contributed by atoms with Crippen LogP contribution in [0, 0.1) is 0 Å². The summed E-state index contributed by atoms with van der Waals surface area (Å²) in [4.78, 5) is 0. The number of hydrogen-bond donors (Lipinski definition) is 0. The number of rotatable bonds is 0. The maximum atomic E-state index is 5.50. The standard InChI is InChI=1S/H5O3.37H2O.12W/c1-3-2;;;;;;;;;;;;;;;;;;;;;;;;;;;;;;;;;;;;;;;;;;;;;;;;;/h3H,1-2H2;37*1H2;;;;;;;;;;;;/q+3;;;;;;;;;;;;;;;;;;;;;;;;;;;;;;;;;;;;;;;;;;;;;;;;;/p+4. The molecule has 0 aliphatic rings. The molecule has 388 valence electrons. The molecule has 0 aromatic rings. The van der Waals surface area contributed by atoms with Gasteiger partial charge in [-0.3, -0.25) is 0 Å². The molecular weight excluding hydrogens is 2850 g/mol. The van der Waals surface area contributed by atoms with Crippen molar-refractivity contribution in [1.29, 1.82) is 0 Å². The first-order valence-electron chi connectivity index (χ1n) is 0.447. The van der Waals surface area contributed by atoms with E-state index in [1.165, 1.54) is 0 Å². The van der Waals surface area contributed by atoms with E-state index in [9.17, 15) is 0 Å². The van der Waals surface area contributed by atoms with Gasteiger partial charge in [0.1, 0.15) is 0 Å². The summed E-state index contributed by atoms with van der Waals surface area (Å²) in [6.45, 7) is 0. The molecule has 0 aliphatic heterocycles. The summed E-state index contributed by atoms with van der Waals surface area (Å²) in [7, 11) is 0. The van der Waals surface area contributed by atoms with Gasteiger partial charge in [0, 0.05) is 253 Å². The van der Waals surface area contributed by atoms with E-state index in [0.29, 0.717) is 0 Å². The van der Waals surface area contributed by atoms with Crippen LogP contribution in [0.15, 0.2) is 0 Å². The average Bonchev–Trinajstić information content (AvgIpc) is 0.918. The molecule has 0 aromatic carbocycles. The smallest absolute Gasteiger partial charge is 0.0900 e. The van der Waals surface area contributed by atoms with Crippen LogP contribution in [0.5, 0.6) is 0 Å². The molecule has 0 aromatic heterocycles. The Labute approximate surface area is 464 Å². The summed E-state index contributed by atoms with van der Waals surface area (Å²) < 4.78 is 0. The van der Waals surface area contributed by atoms with Gasteiger partial charge in [0.2, 0.25) is 0 Å². The maximum Gasteiger partial charge on any atom is 0.0900 e. The van der Waals surface area contributed by atoms with E-state index in [-0.39, 0.29) is 455 Å². The summed E-state index contributed by atoms with van der Waals surface area (Å²) in [6.07, 6.45) is 0. The van der Waals surface area contributed by atoms with E-state index < -0.39 is 0 Å². The van der Waals surface area contributed by atoms with Crippen molar-refractivity contribution in [3.05, 3.63) is 0 Å². The molecule has 83 N–H and O–H groups in total.